The maximum absolute atomic E-state index is 12.6. The first-order chi connectivity index (χ1) is 10.2. The maximum Gasteiger partial charge on any atom is 0.322 e. The van der Waals surface area contributed by atoms with Crippen LogP contribution >= 0.6 is 0 Å². The van der Waals surface area contributed by atoms with E-state index >= 15 is 0 Å². The third kappa shape index (κ3) is 4.46. The molecule has 2 rings (SSSR count). The number of anilines is 1. The van der Waals surface area contributed by atoms with Crippen molar-refractivity contribution < 1.29 is 4.79 Å². The molecular formula is C17H27N3O. The zero-order valence-corrected chi connectivity index (χ0v) is 13.0. The van der Waals surface area contributed by atoms with Crippen molar-refractivity contribution in [1.29, 1.82) is 0 Å². The topological polar surface area (TPSA) is 58.4 Å². The van der Waals surface area contributed by atoms with Crippen molar-refractivity contribution in [2.75, 3.05) is 18.0 Å². The average molecular weight is 289 g/mol. The standard InChI is InChI=1S/C17H27N3O/c1-14-8-5-6-11-16(14)20(13-7-12-18)17(21)19-15-9-3-2-4-10-15/h5-6,8,11,15H,2-4,7,9-10,12-13,18H2,1H3,(H,19,21). The molecule has 21 heavy (non-hydrogen) atoms. The van der Waals surface area contributed by atoms with Crippen molar-refractivity contribution >= 4 is 11.7 Å². The first-order valence-electron chi connectivity index (χ1n) is 8.06. The van der Waals surface area contributed by atoms with Crippen molar-refractivity contribution in [2.45, 2.75) is 51.5 Å². The van der Waals surface area contributed by atoms with Crippen LogP contribution in [-0.4, -0.2) is 25.2 Å². The van der Waals surface area contributed by atoms with E-state index in [2.05, 4.69) is 5.32 Å². The summed E-state index contributed by atoms with van der Waals surface area (Å²) in [7, 11) is 0. The molecule has 1 aliphatic rings. The number of urea groups is 1. The molecule has 0 aliphatic heterocycles. The summed E-state index contributed by atoms with van der Waals surface area (Å²) in [5, 5.41) is 3.20. The van der Waals surface area contributed by atoms with Crippen molar-refractivity contribution in [1.82, 2.24) is 5.32 Å². The highest BCUT2D eigenvalue weighted by Crippen LogP contribution is 2.22. The van der Waals surface area contributed by atoms with Crippen LogP contribution in [0.2, 0.25) is 0 Å². The fraction of sp³-hybridized carbons (Fsp3) is 0.588. The molecule has 3 N–H and O–H groups in total. The van der Waals surface area contributed by atoms with Crippen LogP contribution in [0.1, 0.15) is 44.1 Å². The number of nitrogens with two attached hydrogens (primary N) is 1. The molecule has 1 saturated carbocycles. The third-order valence-electron chi connectivity index (χ3n) is 4.17. The third-order valence-corrected chi connectivity index (χ3v) is 4.17. The van der Waals surface area contributed by atoms with Gasteiger partial charge in [0.25, 0.3) is 0 Å². The molecule has 2 amide bonds. The molecule has 1 fully saturated rings. The van der Waals surface area contributed by atoms with E-state index in [9.17, 15) is 4.79 Å². The molecule has 1 aromatic carbocycles. The lowest BCUT2D eigenvalue weighted by molar-refractivity contribution is 0.238. The second kappa shape index (κ2) is 8.03. The lowest BCUT2D eigenvalue weighted by Crippen LogP contribution is -2.46. The van der Waals surface area contributed by atoms with Gasteiger partial charge in [0.2, 0.25) is 0 Å². The molecule has 0 bridgehead atoms. The monoisotopic (exact) mass is 289 g/mol. The summed E-state index contributed by atoms with van der Waals surface area (Å²) in [4.78, 5) is 14.5. The summed E-state index contributed by atoms with van der Waals surface area (Å²) >= 11 is 0. The molecule has 1 aromatic rings. The normalized spacial score (nSPS) is 15.7. The number of hydrogen-bond donors (Lipinski definition) is 2. The second-order valence-corrected chi connectivity index (χ2v) is 5.86. The molecule has 0 unspecified atom stereocenters. The molecular weight excluding hydrogens is 262 g/mol. The summed E-state index contributed by atoms with van der Waals surface area (Å²) < 4.78 is 0. The van der Waals surface area contributed by atoms with Crippen LogP contribution < -0.4 is 16.0 Å². The number of nitrogens with one attached hydrogen (secondary N) is 1. The molecule has 0 heterocycles. The molecule has 0 aromatic heterocycles. The Morgan fingerprint density at radius 1 is 1.29 bits per heavy atom. The minimum atomic E-state index is 0.0182. The van der Waals surface area contributed by atoms with E-state index in [1.807, 2.05) is 36.1 Å². The van der Waals surface area contributed by atoms with Crippen molar-refractivity contribution in [2.24, 2.45) is 5.73 Å². The number of carbonyl (C=O) groups excluding carboxylic acids is 1. The van der Waals surface area contributed by atoms with E-state index in [4.69, 9.17) is 5.73 Å². The Kier molecular flexibility index (Phi) is 6.05. The predicted octanol–water partition coefficient (Wildman–Crippen LogP) is 3.19. The van der Waals surface area contributed by atoms with Crippen LogP contribution in [0.4, 0.5) is 10.5 Å². The quantitative estimate of drug-likeness (QED) is 0.874. The predicted molar refractivity (Wildman–Crippen MR) is 87.6 cm³/mol. The minimum absolute atomic E-state index is 0.0182. The van der Waals surface area contributed by atoms with Gasteiger partial charge in [-0.05, 0) is 44.4 Å². The van der Waals surface area contributed by atoms with Crippen LogP contribution in [0, 0.1) is 6.92 Å². The van der Waals surface area contributed by atoms with Crippen molar-refractivity contribution in [3.05, 3.63) is 29.8 Å². The van der Waals surface area contributed by atoms with E-state index in [-0.39, 0.29) is 6.03 Å². The molecule has 0 saturated heterocycles. The first-order valence-corrected chi connectivity index (χ1v) is 8.06. The first kappa shape index (κ1) is 15.8. The summed E-state index contributed by atoms with van der Waals surface area (Å²) in [6, 6.07) is 8.37. The number of para-hydroxylation sites is 1. The lowest BCUT2D eigenvalue weighted by atomic mass is 9.96. The number of benzene rings is 1. The van der Waals surface area contributed by atoms with Gasteiger partial charge in [-0.15, -0.1) is 0 Å². The highest BCUT2D eigenvalue weighted by Gasteiger charge is 2.21. The number of hydrogen-bond acceptors (Lipinski definition) is 2. The summed E-state index contributed by atoms with van der Waals surface area (Å²) in [6.45, 7) is 3.30. The Bertz CT molecular complexity index is 455. The molecule has 4 nitrogen and oxygen atoms in total. The Hall–Kier alpha value is -1.55. The number of aryl methyl sites for hydroxylation is 1. The largest absolute Gasteiger partial charge is 0.335 e. The molecule has 0 atom stereocenters. The maximum atomic E-state index is 12.6. The highest BCUT2D eigenvalue weighted by molar-refractivity contribution is 5.92. The zero-order chi connectivity index (χ0) is 15.1. The van der Waals surface area contributed by atoms with E-state index in [0.717, 1.165) is 30.5 Å². The Morgan fingerprint density at radius 2 is 2.00 bits per heavy atom. The summed E-state index contributed by atoms with van der Waals surface area (Å²) in [5.74, 6) is 0. The van der Waals surface area contributed by atoms with Gasteiger partial charge in [-0.3, -0.25) is 4.90 Å². The molecule has 0 radical (unpaired) electrons. The van der Waals surface area contributed by atoms with E-state index in [0.29, 0.717) is 19.1 Å². The van der Waals surface area contributed by atoms with E-state index < -0.39 is 0 Å². The molecule has 1 aliphatic carbocycles. The van der Waals surface area contributed by atoms with Crippen molar-refractivity contribution in [3.63, 3.8) is 0 Å². The summed E-state index contributed by atoms with van der Waals surface area (Å²) in [6.07, 6.45) is 6.75. The lowest BCUT2D eigenvalue weighted by Gasteiger charge is -2.29. The van der Waals surface area contributed by atoms with E-state index in [1.165, 1.54) is 19.3 Å². The van der Waals surface area contributed by atoms with Gasteiger partial charge in [-0.1, -0.05) is 37.5 Å². The SMILES string of the molecule is Cc1ccccc1N(CCCN)C(=O)NC1CCCCC1. The number of nitrogens with zero attached hydrogens (tertiary/aromatic N) is 1. The second-order valence-electron chi connectivity index (χ2n) is 5.86. The Morgan fingerprint density at radius 3 is 2.67 bits per heavy atom. The zero-order valence-electron chi connectivity index (χ0n) is 13.0. The van der Waals surface area contributed by atoms with Gasteiger partial charge in [-0.25, -0.2) is 4.79 Å². The van der Waals surface area contributed by atoms with Gasteiger partial charge >= 0.3 is 6.03 Å². The smallest absolute Gasteiger partial charge is 0.322 e. The van der Waals surface area contributed by atoms with Crippen molar-refractivity contribution in [3.8, 4) is 0 Å². The Labute approximate surface area is 127 Å². The van der Waals surface area contributed by atoms with E-state index in [1.54, 1.807) is 0 Å². The average Bonchev–Trinajstić information content (AvgIpc) is 2.50. The van der Waals surface area contributed by atoms with Gasteiger partial charge in [0, 0.05) is 18.3 Å². The van der Waals surface area contributed by atoms with Crippen LogP contribution in [0.3, 0.4) is 0 Å². The van der Waals surface area contributed by atoms with Crippen LogP contribution in [0.15, 0.2) is 24.3 Å². The van der Waals surface area contributed by atoms with Gasteiger partial charge < -0.3 is 11.1 Å². The highest BCUT2D eigenvalue weighted by atomic mass is 16.2. The molecule has 116 valence electrons. The van der Waals surface area contributed by atoms with Gasteiger partial charge in [0.15, 0.2) is 0 Å². The van der Waals surface area contributed by atoms with Gasteiger partial charge in [-0.2, -0.15) is 0 Å². The van der Waals surface area contributed by atoms with Crippen LogP contribution in [-0.2, 0) is 0 Å². The Balaban J connectivity index is 2.07. The number of carbonyl (C=O) groups is 1. The number of rotatable bonds is 5. The van der Waals surface area contributed by atoms with Crippen LogP contribution in [0.25, 0.3) is 0 Å². The fourth-order valence-electron chi connectivity index (χ4n) is 2.95. The van der Waals surface area contributed by atoms with Gasteiger partial charge in [0.05, 0.1) is 0 Å². The van der Waals surface area contributed by atoms with Gasteiger partial charge in [0.1, 0.15) is 0 Å². The minimum Gasteiger partial charge on any atom is -0.335 e. The number of amides is 2. The van der Waals surface area contributed by atoms with Crippen LogP contribution in [0.5, 0.6) is 0 Å². The fourth-order valence-corrected chi connectivity index (χ4v) is 2.95. The molecule has 0 spiro atoms. The molecule has 4 heteroatoms. The summed E-state index contributed by atoms with van der Waals surface area (Å²) in [5.41, 5.74) is 7.72.